The highest BCUT2D eigenvalue weighted by molar-refractivity contribution is 6.36. The van der Waals surface area contributed by atoms with Crippen LogP contribution in [-0.2, 0) is 0 Å². The average Bonchev–Trinajstić information content (AvgIpc) is 2.73. The molecule has 1 unspecified atom stereocenters. The van der Waals surface area contributed by atoms with Gasteiger partial charge in [0.25, 0.3) is 0 Å². The van der Waals surface area contributed by atoms with Gasteiger partial charge in [0.2, 0.25) is 5.88 Å². The molecule has 0 aliphatic carbocycles. The van der Waals surface area contributed by atoms with Crippen LogP contribution >= 0.6 is 23.2 Å². The minimum atomic E-state index is -0.631. The second-order valence-corrected chi connectivity index (χ2v) is 7.89. The molecule has 7 heteroatoms. The molecule has 5 nitrogen and oxygen atoms in total. The quantitative estimate of drug-likeness (QED) is 0.406. The van der Waals surface area contributed by atoms with E-state index in [9.17, 15) is 10.1 Å². The first-order valence-electron chi connectivity index (χ1n) is 9.32. The lowest BCUT2D eigenvalue weighted by Gasteiger charge is -2.26. The predicted octanol–water partition coefficient (Wildman–Crippen LogP) is 5.74. The van der Waals surface area contributed by atoms with Crippen LogP contribution in [0.4, 0.5) is 0 Å². The number of benzene rings is 3. The number of nitrogens with two attached hydrogens (primary N) is 1. The molecule has 0 amide bonds. The molecule has 0 radical (unpaired) electrons. The molecule has 3 aromatic carbocycles. The third-order valence-electron chi connectivity index (χ3n) is 4.96. The molecule has 1 aliphatic rings. The molecular formula is C24H16Cl2N2O3. The number of carbonyl (C=O) groups excluding carboxylic acids is 1. The van der Waals surface area contributed by atoms with E-state index in [4.69, 9.17) is 38.4 Å². The van der Waals surface area contributed by atoms with Gasteiger partial charge in [-0.2, -0.15) is 5.26 Å². The van der Waals surface area contributed by atoms with E-state index in [2.05, 4.69) is 6.07 Å². The van der Waals surface area contributed by atoms with Gasteiger partial charge in [-0.25, -0.2) is 4.79 Å². The number of ether oxygens (including phenoxy) is 2. The van der Waals surface area contributed by atoms with Crippen molar-refractivity contribution in [3.05, 3.63) is 104 Å². The highest BCUT2D eigenvalue weighted by Crippen LogP contribution is 2.43. The smallest absolute Gasteiger partial charge is 0.345 e. The molecule has 1 atom stereocenters. The molecule has 0 saturated carbocycles. The van der Waals surface area contributed by atoms with Crippen molar-refractivity contribution in [1.29, 1.82) is 5.26 Å². The summed E-state index contributed by atoms with van der Waals surface area (Å²) >= 11 is 12.0. The van der Waals surface area contributed by atoms with E-state index >= 15 is 0 Å². The van der Waals surface area contributed by atoms with E-state index in [0.717, 1.165) is 16.7 Å². The predicted molar refractivity (Wildman–Crippen MR) is 118 cm³/mol. The largest absolute Gasteiger partial charge is 0.440 e. The van der Waals surface area contributed by atoms with Crippen LogP contribution in [0, 0.1) is 18.3 Å². The first-order chi connectivity index (χ1) is 14.9. The summed E-state index contributed by atoms with van der Waals surface area (Å²) in [5, 5.41) is 10.3. The number of allylic oxidation sites excluding steroid dienone is 1. The number of esters is 1. The van der Waals surface area contributed by atoms with Crippen LogP contribution in [0.3, 0.4) is 0 Å². The Morgan fingerprint density at radius 3 is 2.52 bits per heavy atom. The maximum absolute atomic E-state index is 12.5. The Balaban J connectivity index is 1.69. The van der Waals surface area contributed by atoms with Gasteiger partial charge in [0.05, 0.1) is 16.5 Å². The molecular weight excluding hydrogens is 435 g/mol. The standard InChI is InChI=1S/C24H16Cl2N2O3/c1-13-2-4-14(5-3-13)22-18-9-7-16(11-21(18)31-23(28)19(22)12-27)30-24(29)17-8-6-15(25)10-20(17)26/h2-11,22H,28H2,1H3. The van der Waals surface area contributed by atoms with Gasteiger partial charge in [0, 0.05) is 16.7 Å². The second kappa shape index (κ2) is 8.35. The molecule has 0 saturated heterocycles. The van der Waals surface area contributed by atoms with Crippen LogP contribution in [0.25, 0.3) is 0 Å². The monoisotopic (exact) mass is 450 g/mol. The lowest BCUT2D eigenvalue weighted by molar-refractivity contribution is 0.0734. The summed E-state index contributed by atoms with van der Waals surface area (Å²) in [6.45, 7) is 1.99. The van der Waals surface area contributed by atoms with Crippen LogP contribution in [0.1, 0.15) is 33.0 Å². The Hall–Kier alpha value is -3.46. The van der Waals surface area contributed by atoms with Crippen molar-refractivity contribution in [1.82, 2.24) is 0 Å². The number of carbonyl (C=O) groups is 1. The van der Waals surface area contributed by atoms with Gasteiger partial charge in [0.15, 0.2) is 0 Å². The normalized spacial score (nSPS) is 15.0. The number of hydrogen-bond acceptors (Lipinski definition) is 5. The van der Waals surface area contributed by atoms with Crippen molar-refractivity contribution in [2.45, 2.75) is 12.8 Å². The fourth-order valence-electron chi connectivity index (χ4n) is 3.42. The Morgan fingerprint density at radius 2 is 1.84 bits per heavy atom. The van der Waals surface area contributed by atoms with Crippen molar-refractivity contribution in [3.63, 3.8) is 0 Å². The van der Waals surface area contributed by atoms with Crippen LogP contribution in [0.2, 0.25) is 10.0 Å². The second-order valence-electron chi connectivity index (χ2n) is 7.05. The van der Waals surface area contributed by atoms with E-state index < -0.39 is 5.97 Å². The summed E-state index contributed by atoms with van der Waals surface area (Å²) in [4.78, 5) is 12.5. The molecule has 154 valence electrons. The molecule has 31 heavy (non-hydrogen) atoms. The summed E-state index contributed by atoms with van der Waals surface area (Å²) in [5.41, 5.74) is 9.32. The zero-order valence-electron chi connectivity index (χ0n) is 16.4. The first-order valence-corrected chi connectivity index (χ1v) is 10.1. The number of nitrogens with zero attached hydrogens (tertiary/aromatic N) is 1. The lowest BCUT2D eigenvalue weighted by Crippen LogP contribution is -2.21. The minimum absolute atomic E-state index is 0.0183. The summed E-state index contributed by atoms with van der Waals surface area (Å²) < 4.78 is 11.1. The van der Waals surface area contributed by atoms with Gasteiger partial charge in [-0.1, -0.05) is 59.1 Å². The highest BCUT2D eigenvalue weighted by atomic mass is 35.5. The maximum Gasteiger partial charge on any atom is 0.345 e. The summed E-state index contributed by atoms with van der Waals surface area (Å²) in [7, 11) is 0. The van der Waals surface area contributed by atoms with Crippen molar-refractivity contribution in [3.8, 4) is 17.6 Å². The first kappa shape index (κ1) is 20.8. The molecule has 0 bridgehead atoms. The fourth-order valence-corrected chi connectivity index (χ4v) is 3.90. The molecule has 4 rings (SSSR count). The topological polar surface area (TPSA) is 85.3 Å². The summed E-state index contributed by atoms with van der Waals surface area (Å²) in [6.07, 6.45) is 0. The van der Waals surface area contributed by atoms with Gasteiger partial charge in [0.1, 0.15) is 23.1 Å². The minimum Gasteiger partial charge on any atom is -0.440 e. The number of halogens is 2. The summed E-state index contributed by atoms with van der Waals surface area (Å²) in [6, 6.07) is 19.5. The molecule has 1 heterocycles. The molecule has 0 fully saturated rings. The van der Waals surface area contributed by atoms with Crippen molar-refractivity contribution in [2.75, 3.05) is 0 Å². The Morgan fingerprint density at radius 1 is 1.10 bits per heavy atom. The molecule has 0 aromatic heterocycles. The van der Waals surface area contributed by atoms with Gasteiger partial charge in [-0.15, -0.1) is 0 Å². The van der Waals surface area contributed by atoms with Gasteiger partial charge in [-0.05, 0) is 36.8 Å². The third kappa shape index (κ3) is 4.09. The zero-order chi connectivity index (χ0) is 22.1. The SMILES string of the molecule is Cc1ccc(C2C(C#N)=C(N)Oc3cc(OC(=O)c4ccc(Cl)cc4Cl)ccc32)cc1. The van der Waals surface area contributed by atoms with E-state index in [-0.39, 0.29) is 28.1 Å². The van der Waals surface area contributed by atoms with Gasteiger partial charge >= 0.3 is 5.97 Å². The van der Waals surface area contributed by atoms with E-state index in [0.29, 0.717) is 16.3 Å². The molecule has 3 aromatic rings. The molecule has 2 N–H and O–H groups in total. The van der Waals surface area contributed by atoms with Crippen LogP contribution in [0.15, 0.2) is 72.1 Å². The average molecular weight is 451 g/mol. The Labute approximate surface area is 189 Å². The van der Waals surface area contributed by atoms with E-state index in [1.165, 1.54) is 12.1 Å². The van der Waals surface area contributed by atoms with Gasteiger partial charge < -0.3 is 15.2 Å². The van der Waals surface area contributed by atoms with Crippen LogP contribution < -0.4 is 15.2 Å². The van der Waals surface area contributed by atoms with Crippen LogP contribution in [0.5, 0.6) is 11.5 Å². The Bertz CT molecular complexity index is 1260. The maximum atomic E-state index is 12.5. The third-order valence-corrected chi connectivity index (χ3v) is 5.51. The number of fused-ring (bicyclic) bond motifs is 1. The number of rotatable bonds is 3. The van der Waals surface area contributed by atoms with E-state index in [1.807, 2.05) is 31.2 Å². The Kier molecular flexibility index (Phi) is 5.60. The number of aryl methyl sites for hydroxylation is 1. The van der Waals surface area contributed by atoms with Crippen LogP contribution in [-0.4, -0.2) is 5.97 Å². The molecule has 0 spiro atoms. The zero-order valence-corrected chi connectivity index (χ0v) is 17.9. The number of nitriles is 1. The highest BCUT2D eigenvalue weighted by Gasteiger charge is 2.31. The number of hydrogen-bond donors (Lipinski definition) is 1. The summed E-state index contributed by atoms with van der Waals surface area (Å²) in [5.74, 6) is -0.330. The van der Waals surface area contributed by atoms with Crippen molar-refractivity contribution >= 4 is 29.2 Å². The molecule has 1 aliphatic heterocycles. The fraction of sp³-hybridized carbons (Fsp3) is 0.0833. The van der Waals surface area contributed by atoms with Crippen molar-refractivity contribution in [2.24, 2.45) is 5.73 Å². The van der Waals surface area contributed by atoms with Crippen molar-refractivity contribution < 1.29 is 14.3 Å². The lowest BCUT2D eigenvalue weighted by atomic mass is 9.83. The van der Waals surface area contributed by atoms with Gasteiger partial charge in [-0.3, -0.25) is 0 Å². The van der Waals surface area contributed by atoms with E-state index in [1.54, 1.807) is 24.3 Å².